The topological polar surface area (TPSA) is 42.0 Å². The molecule has 0 atom stereocenters. The quantitative estimate of drug-likeness (QED) is 0.338. The summed E-state index contributed by atoms with van der Waals surface area (Å²) >= 11 is 24.5. The molecule has 1 heterocycles. The van der Waals surface area contributed by atoms with Crippen LogP contribution in [0.3, 0.4) is 0 Å². The van der Waals surface area contributed by atoms with Gasteiger partial charge in [0.2, 0.25) is 0 Å². The van der Waals surface area contributed by atoms with Crippen molar-refractivity contribution in [2.45, 2.75) is 0 Å². The monoisotopic (exact) mass is 460 g/mol. The van der Waals surface area contributed by atoms with Crippen LogP contribution in [0.25, 0.3) is 22.2 Å². The Morgan fingerprint density at radius 3 is 2.21 bits per heavy atom. The average Bonchev–Trinajstić information content (AvgIpc) is 2.69. The second-order valence-electron chi connectivity index (χ2n) is 6.27. The van der Waals surface area contributed by atoms with Gasteiger partial charge in [0, 0.05) is 21.0 Å². The molecule has 0 bridgehead atoms. The van der Waals surface area contributed by atoms with Crippen molar-refractivity contribution in [3.8, 4) is 11.3 Å². The molecule has 0 unspecified atom stereocenters. The first-order chi connectivity index (χ1) is 13.9. The molecule has 1 amide bonds. The minimum Gasteiger partial charge on any atom is -0.321 e. The fourth-order valence-corrected chi connectivity index (χ4v) is 3.94. The lowest BCUT2D eigenvalue weighted by Crippen LogP contribution is -2.13. The van der Waals surface area contributed by atoms with E-state index in [-0.39, 0.29) is 5.91 Å². The Bertz CT molecular complexity index is 1260. The van der Waals surface area contributed by atoms with Crippen LogP contribution in [0.5, 0.6) is 0 Å². The van der Waals surface area contributed by atoms with Gasteiger partial charge >= 0.3 is 0 Å². The molecule has 3 aromatic carbocycles. The Hall–Kier alpha value is -2.30. The molecule has 29 heavy (non-hydrogen) atoms. The molecule has 0 fully saturated rings. The van der Waals surface area contributed by atoms with Gasteiger partial charge in [0.15, 0.2) is 0 Å². The van der Waals surface area contributed by atoms with Gasteiger partial charge in [-0.15, -0.1) is 0 Å². The fraction of sp³-hybridized carbons (Fsp3) is 0. The van der Waals surface area contributed by atoms with Gasteiger partial charge in [-0.25, -0.2) is 4.98 Å². The maximum Gasteiger partial charge on any atom is 0.256 e. The summed E-state index contributed by atoms with van der Waals surface area (Å²) in [5.74, 6) is -0.320. The van der Waals surface area contributed by atoms with Gasteiger partial charge in [-0.05, 0) is 48.5 Å². The van der Waals surface area contributed by atoms with Crippen molar-refractivity contribution in [3.63, 3.8) is 0 Å². The van der Waals surface area contributed by atoms with Crippen LogP contribution in [0.1, 0.15) is 10.4 Å². The lowest BCUT2D eigenvalue weighted by Gasteiger charge is -2.12. The van der Waals surface area contributed by atoms with E-state index >= 15 is 0 Å². The summed E-state index contributed by atoms with van der Waals surface area (Å²) in [6, 6.07) is 19.1. The lowest BCUT2D eigenvalue weighted by atomic mass is 10.0. The number of nitrogens with one attached hydrogen (secondary N) is 1. The molecular formula is C22H12Cl4N2O. The summed E-state index contributed by atoms with van der Waals surface area (Å²) in [6.07, 6.45) is 0. The molecule has 0 aliphatic rings. The minimum absolute atomic E-state index is 0.320. The van der Waals surface area contributed by atoms with Gasteiger partial charge in [0.05, 0.1) is 32.5 Å². The van der Waals surface area contributed by atoms with E-state index in [4.69, 9.17) is 46.4 Å². The average molecular weight is 462 g/mol. The SMILES string of the molecule is O=C(Nc1ccc(Cl)cc1Cl)c1cc(-c2ccc(Cl)cc2Cl)nc2ccccc12. The Balaban J connectivity index is 1.83. The molecule has 144 valence electrons. The summed E-state index contributed by atoms with van der Waals surface area (Å²) in [5, 5.41) is 5.36. The normalized spacial score (nSPS) is 10.9. The second kappa shape index (κ2) is 8.21. The van der Waals surface area contributed by atoms with Crippen LogP contribution in [0, 0.1) is 0 Å². The second-order valence-corrected chi connectivity index (χ2v) is 7.96. The van der Waals surface area contributed by atoms with E-state index in [0.29, 0.717) is 53.5 Å². The number of hydrogen-bond donors (Lipinski definition) is 1. The van der Waals surface area contributed by atoms with Crippen molar-refractivity contribution in [1.82, 2.24) is 4.98 Å². The number of fused-ring (bicyclic) bond motifs is 1. The van der Waals surface area contributed by atoms with Gasteiger partial charge in [-0.3, -0.25) is 4.79 Å². The Morgan fingerprint density at radius 2 is 1.48 bits per heavy atom. The van der Waals surface area contributed by atoms with Crippen molar-refractivity contribution in [3.05, 3.63) is 92.4 Å². The van der Waals surface area contributed by atoms with Crippen LogP contribution in [-0.2, 0) is 0 Å². The number of amides is 1. The number of halogens is 4. The van der Waals surface area contributed by atoms with Gasteiger partial charge in [0.1, 0.15) is 0 Å². The van der Waals surface area contributed by atoms with Crippen molar-refractivity contribution in [2.24, 2.45) is 0 Å². The number of para-hydroxylation sites is 1. The van der Waals surface area contributed by atoms with Crippen molar-refractivity contribution < 1.29 is 4.79 Å². The van der Waals surface area contributed by atoms with E-state index in [1.807, 2.05) is 24.3 Å². The fourth-order valence-electron chi connectivity index (χ4n) is 2.98. The minimum atomic E-state index is -0.320. The summed E-state index contributed by atoms with van der Waals surface area (Å²) in [4.78, 5) is 17.8. The number of carbonyl (C=O) groups excluding carboxylic acids is 1. The third kappa shape index (κ3) is 4.19. The predicted octanol–water partition coefficient (Wildman–Crippen LogP) is 7.77. The van der Waals surface area contributed by atoms with E-state index in [9.17, 15) is 4.79 Å². The molecule has 4 rings (SSSR count). The number of rotatable bonds is 3. The van der Waals surface area contributed by atoms with Crippen molar-refractivity contribution >= 4 is 68.9 Å². The van der Waals surface area contributed by atoms with Crippen LogP contribution in [0.4, 0.5) is 5.69 Å². The standard InChI is InChI=1S/C22H12Cl4N2O/c23-12-5-7-15(17(25)9-12)21-11-16(14-3-1-2-4-19(14)27-21)22(29)28-20-8-6-13(24)10-18(20)26/h1-11H,(H,28,29). The molecule has 0 spiro atoms. The smallest absolute Gasteiger partial charge is 0.256 e. The molecule has 1 aromatic heterocycles. The molecule has 3 nitrogen and oxygen atoms in total. The zero-order valence-corrected chi connectivity index (χ0v) is 17.7. The molecule has 7 heteroatoms. The predicted molar refractivity (Wildman–Crippen MR) is 122 cm³/mol. The van der Waals surface area contributed by atoms with Crippen LogP contribution < -0.4 is 5.32 Å². The molecule has 0 saturated carbocycles. The maximum absolute atomic E-state index is 13.1. The Kier molecular flexibility index (Phi) is 5.66. The van der Waals surface area contributed by atoms with Gasteiger partial charge in [0.25, 0.3) is 5.91 Å². The highest BCUT2D eigenvalue weighted by Gasteiger charge is 2.16. The highest BCUT2D eigenvalue weighted by molar-refractivity contribution is 6.37. The van der Waals surface area contributed by atoms with Crippen LogP contribution in [0.2, 0.25) is 20.1 Å². The number of pyridine rings is 1. The zero-order chi connectivity index (χ0) is 20.5. The highest BCUT2D eigenvalue weighted by atomic mass is 35.5. The van der Waals surface area contributed by atoms with Gasteiger partial charge in [-0.2, -0.15) is 0 Å². The number of nitrogens with zero attached hydrogens (tertiary/aromatic N) is 1. The lowest BCUT2D eigenvalue weighted by molar-refractivity contribution is 0.102. The zero-order valence-electron chi connectivity index (χ0n) is 14.7. The van der Waals surface area contributed by atoms with E-state index in [1.165, 1.54) is 0 Å². The van der Waals surface area contributed by atoms with Crippen LogP contribution in [0.15, 0.2) is 66.7 Å². The molecular weight excluding hydrogens is 450 g/mol. The van der Waals surface area contributed by atoms with Gasteiger partial charge in [-0.1, -0.05) is 64.6 Å². The highest BCUT2D eigenvalue weighted by Crippen LogP contribution is 2.32. The number of benzene rings is 3. The summed E-state index contributed by atoms with van der Waals surface area (Å²) in [5.41, 5.74) is 2.83. The first-order valence-corrected chi connectivity index (χ1v) is 10.0. The third-order valence-electron chi connectivity index (χ3n) is 4.35. The number of hydrogen-bond acceptors (Lipinski definition) is 2. The number of aromatic nitrogens is 1. The van der Waals surface area contributed by atoms with Crippen molar-refractivity contribution in [1.29, 1.82) is 0 Å². The van der Waals surface area contributed by atoms with Crippen LogP contribution >= 0.6 is 46.4 Å². The Morgan fingerprint density at radius 1 is 0.793 bits per heavy atom. The largest absolute Gasteiger partial charge is 0.321 e. The van der Waals surface area contributed by atoms with E-state index in [0.717, 1.165) is 0 Å². The molecule has 0 aliphatic carbocycles. The van der Waals surface area contributed by atoms with Crippen LogP contribution in [-0.4, -0.2) is 10.9 Å². The van der Waals surface area contributed by atoms with Gasteiger partial charge < -0.3 is 5.32 Å². The summed E-state index contributed by atoms with van der Waals surface area (Å²) < 4.78 is 0. The first kappa shape index (κ1) is 20.0. The maximum atomic E-state index is 13.1. The third-order valence-corrected chi connectivity index (χ3v) is 5.44. The molecule has 0 saturated heterocycles. The molecule has 4 aromatic rings. The molecule has 1 N–H and O–H groups in total. The van der Waals surface area contributed by atoms with E-state index < -0.39 is 0 Å². The van der Waals surface area contributed by atoms with E-state index in [2.05, 4.69) is 10.3 Å². The van der Waals surface area contributed by atoms with Crippen molar-refractivity contribution in [2.75, 3.05) is 5.32 Å². The number of carbonyl (C=O) groups is 1. The van der Waals surface area contributed by atoms with E-state index in [1.54, 1.807) is 42.5 Å². The summed E-state index contributed by atoms with van der Waals surface area (Å²) in [6.45, 7) is 0. The Labute approximate surface area is 187 Å². The first-order valence-electron chi connectivity index (χ1n) is 8.54. The molecule has 0 aliphatic heterocycles. The summed E-state index contributed by atoms with van der Waals surface area (Å²) in [7, 11) is 0. The number of anilines is 1. The molecule has 0 radical (unpaired) electrons.